The molecule has 1 aromatic heterocycles. The van der Waals surface area contributed by atoms with E-state index in [-0.39, 0.29) is 12.5 Å². The van der Waals surface area contributed by atoms with Gasteiger partial charge in [0.05, 0.1) is 5.60 Å². The standard InChI is InChI=1S/C14H17N3O3/c1-14(2,19)8-17(3)13(18)11-6-4-10(5-7-11)12-16-15-9-20-12/h4-7,9,19H,8H2,1-3H3. The molecule has 106 valence electrons. The average molecular weight is 275 g/mol. The molecular weight excluding hydrogens is 258 g/mol. The average Bonchev–Trinajstić information content (AvgIpc) is 2.90. The molecule has 1 amide bonds. The molecule has 0 radical (unpaired) electrons. The van der Waals surface area contributed by atoms with E-state index in [9.17, 15) is 9.90 Å². The van der Waals surface area contributed by atoms with Crippen LogP contribution in [0.5, 0.6) is 0 Å². The molecule has 0 unspecified atom stereocenters. The van der Waals surface area contributed by atoms with Crippen molar-refractivity contribution < 1.29 is 14.3 Å². The summed E-state index contributed by atoms with van der Waals surface area (Å²) in [4.78, 5) is 13.7. The normalized spacial score (nSPS) is 11.4. The van der Waals surface area contributed by atoms with Crippen molar-refractivity contribution in [2.24, 2.45) is 0 Å². The fraction of sp³-hybridized carbons (Fsp3) is 0.357. The highest BCUT2D eigenvalue weighted by Crippen LogP contribution is 2.17. The van der Waals surface area contributed by atoms with Crippen LogP contribution in [0.25, 0.3) is 11.5 Å². The van der Waals surface area contributed by atoms with Gasteiger partial charge in [0.25, 0.3) is 5.91 Å². The van der Waals surface area contributed by atoms with E-state index in [1.54, 1.807) is 45.2 Å². The Morgan fingerprint density at radius 2 is 2.00 bits per heavy atom. The van der Waals surface area contributed by atoms with Gasteiger partial charge in [0.15, 0.2) is 0 Å². The van der Waals surface area contributed by atoms with Crippen molar-refractivity contribution in [1.29, 1.82) is 0 Å². The van der Waals surface area contributed by atoms with Crippen LogP contribution in [0.15, 0.2) is 35.1 Å². The summed E-state index contributed by atoms with van der Waals surface area (Å²) in [6.45, 7) is 3.59. The third kappa shape index (κ3) is 3.42. The van der Waals surface area contributed by atoms with Crippen LogP contribution in [0.2, 0.25) is 0 Å². The number of hydrogen-bond acceptors (Lipinski definition) is 5. The van der Waals surface area contributed by atoms with E-state index < -0.39 is 5.60 Å². The molecule has 2 rings (SSSR count). The van der Waals surface area contributed by atoms with E-state index in [0.717, 1.165) is 5.56 Å². The summed E-state index contributed by atoms with van der Waals surface area (Å²) in [5.41, 5.74) is 0.373. The third-order valence-corrected chi connectivity index (χ3v) is 2.71. The lowest BCUT2D eigenvalue weighted by Crippen LogP contribution is -2.39. The smallest absolute Gasteiger partial charge is 0.253 e. The Morgan fingerprint density at radius 3 is 2.50 bits per heavy atom. The van der Waals surface area contributed by atoms with Gasteiger partial charge in [0.1, 0.15) is 0 Å². The molecule has 0 aliphatic rings. The van der Waals surface area contributed by atoms with E-state index in [1.807, 2.05) is 0 Å². The van der Waals surface area contributed by atoms with Crippen LogP contribution in [0.4, 0.5) is 0 Å². The van der Waals surface area contributed by atoms with Gasteiger partial charge in [-0.3, -0.25) is 4.79 Å². The van der Waals surface area contributed by atoms with Gasteiger partial charge in [-0.2, -0.15) is 0 Å². The van der Waals surface area contributed by atoms with Crippen LogP contribution in [0.1, 0.15) is 24.2 Å². The van der Waals surface area contributed by atoms with Gasteiger partial charge < -0.3 is 14.4 Å². The van der Waals surface area contributed by atoms with Crippen LogP contribution < -0.4 is 0 Å². The highest BCUT2D eigenvalue weighted by molar-refractivity contribution is 5.94. The first-order valence-electron chi connectivity index (χ1n) is 6.21. The van der Waals surface area contributed by atoms with Gasteiger partial charge in [0, 0.05) is 24.7 Å². The minimum Gasteiger partial charge on any atom is -0.423 e. The number of rotatable bonds is 4. The molecule has 0 aliphatic heterocycles. The number of aromatic nitrogens is 2. The molecule has 0 atom stereocenters. The minimum atomic E-state index is -0.923. The monoisotopic (exact) mass is 275 g/mol. The van der Waals surface area contributed by atoms with Crippen molar-refractivity contribution in [3.05, 3.63) is 36.2 Å². The largest absolute Gasteiger partial charge is 0.423 e. The lowest BCUT2D eigenvalue weighted by Gasteiger charge is -2.25. The molecule has 6 nitrogen and oxygen atoms in total. The van der Waals surface area contributed by atoms with E-state index in [1.165, 1.54) is 11.3 Å². The Balaban J connectivity index is 2.12. The van der Waals surface area contributed by atoms with Gasteiger partial charge in [-0.15, -0.1) is 10.2 Å². The number of nitrogens with zero attached hydrogens (tertiary/aromatic N) is 3. The molecule has 6 heteroatoms. The van der Waals surface area contributed by atoms with E-state index >= 15 is 0 Å². The summed E-state index contributed by atoms with van der Waals surface area (Å²) in [6, 6.07) is 6.89. The molecule has 1 aromatic carbocycles. The topological polar surface area (TPSA) is 79.5 Å². The van der Waals surface area contributed by atoms with Crippen LogP contribution in [0.3, 0.4) is 0 Å². The lowest BCUT2D eigenvalue weighted by molar-refractivity contribution is 0.0368. The second-order valence-electron chi connectivity index (χ2n) is 5.29. The molecule has 0 aliphatic carbocycles. The summed E-state index contributed by atoms with van der Waals surface area (Å²) in [7, 11) is 1.66. The molecule has 0 saturated heterocycles. The molecule has 0 spiro atoms. The lowest BCUT2D eigenvalue weighted by atomic mass is 10.1. The molecule has 0 fully saturated rings. The van der Waals surface area contributed by atoms with Crippen molar-refractivity contribution in [1.82, 2.24) is 15.1 Å². The minimum absolute atomic E-state index is 0.149. The molecule has 0 bridgehead atoms. The number of amides is 1. The molecular formula is C14H17N3O3. The summed E-state index contributed by atoms with van der Waals surface area (Å²) in [5.74, 6) is 0.262. The highest BCUT2D eigenvalue weighted by atomic mass is 16.4. The third-order valence-electron chi connectivity index (χ3n) is 2.71. The quantitative estimate of drug-likeness (QED) is 0.916. The number of benzene rings is 1. The number of likely N-dealkylation sites (N-methyl/N-ethyl adjacent to an activating group) is 1. The summed E-state index contributed by atoms with van der Waals surface area (Å²) >= 11 is 0. The number of aliphatic hydroxyl groups is 1. The van der Waals surface area contributed by atoms with Gasteiger partial charge in [0.2, 0.25) is 12.3 Å². The van der Waals surface area contributed by atoms with Gasteiger partial charge in [-0.25, -0.2) is 0 Å². The van der Waals surface area contributed by atoms with Crippen LogP contribution in [0, 0.1) is 0 Å². The van der Waals surface area contributed by atoms with Crippen LogP contribution in [-0.4, -0.2) is 45.3 Å². The zero-order chi connectivity index (χ0) is 14.8. The van der Waals surface area contributed by atoms with Gasteiger partial charge in [-0.1, -0.05) is 0 Å². The summed E-state index contributed by atoms with van der Waals surface area (Å²) < 4.78 is 5.08. The molecule has 2 aromatic rings. The SMILES string of the molecule is CN(CC(C)(C)O)C(=O)c1ccc(-c2nnco2)cc1. The van der Waals surface area contributed by atoms with Crippen LogP contribution >= 0.6 is 0 Å². The Labute approximate surface area is 117 Å². The van der Waals surface area contributed by atoms with Crippen LogP contribution in [-0.2, 0) is 0 Å². The zero-order valence-electron chi connectivity index (χ0n) is 11.7. The molecule has 0 saturated carbocycles. The number of carbonyl (C=O) groups excluding carboxylic acids is 1. The molecule has 1 N–H and O–H groups in total. The van der Waals surface area contributed by atoms with Gasteiger partial charge >= 0.3 is 0 Å². The number of hydrogen-bond donors (Lipinski definition) is 1. The fourth-order valence-corrected chi connectivity index (χ4v) is 1.93. The molecule has 20 heavy (non-hydrogen) atoms. The van der Waals surface area contributed by atoms with Gasteiger partial charge in [-0.05, 0) is 38.1 Å². The van der Waals surface area contributed by atoms with Crippen molar-refractivity contribution in [2.45, 2.75) is 19.4 Å². The predicted octanol–water partition coefficient (Wildman–Crippen LogP) is 1.58. The zero-order valence-corrected chi connectivity index (χ0v) is 11.7. The van der Waals surface area contributed by atoms with Crippen molar-refractivity contribution in [2.75, 3.05) is 13.6 Å². The second kappa shape index (κ2) is 5.42. The predicted molar refractivity (Wildman–Crippen MR) is 73.0 cm³/mol. The van der Waals surface area contributed by atoms with Crippen molar-refractivity contribution in [3.8, 4) is 11.5 Å². The Morgan fingerprint density at radius 1 is 1.35 bits per heavy atom. The second-order valence-corrected chi connectivity index (χ2v) is 5.29. The summed E-state index contributed by atoms with van der Waals surface area (Å²) in [6.07, 6.45) is 1.26. The maximum Gasteiger partial charge on any atom is 0.253 e. The first-order valence-corrected chi connectivity index (χ1v) is 6.21. The van der Waals surface area contributed by atoms with E-state index in [2.05, 4.69) is 10.2 Å². The highest BCUT2D eigenvalue weighted by Gasteiger charge is 2.20. The maximum absolute atomic E-state index is 12.2. The fourth-order valence-electron chi connectivity index (χ4n) is 1.93. The summed E-state index contributed by atoms with van der Waals surface area (Å²) in [5, 5.41) is 17.1. The Bertz CT molecular complexity index is 571. The molecule has 1 heterocycles. The van der Waals surface area contributed by atoms with Crippen molar-refractivity contribution >= 4 is 5.91 Å². The maximum atomic E-state index is 12.2. The number of carbonyl (C=O) groups is 1. The van der Waals surface area contributed by atoms with Crippen molar-refractivity contribution in [3.63, 3.8) is 0 Å². The first-order chi connectivity index (χ1) is 9.37. The van der Waals surface area contributed by atoms with E-state index in [4.69, 9.17) is 4.42 Å². The Hall–Kier alpha value is -2.21. The first kappa shape index (κ1) is 14.2. The Kier molecular flexibility index (Phi) is 3.85. The van der Waals surface area contributed by atoms with E-state index in [0.29, 0.717) is 11.5 Å².